The van der Waals surface area contributed by atoms with Gasteiger partial charge in [0.25, 0.3) is 11.8 Å². The van der Waals surface area contributed by atoms with Crippen molar-refractivity contribution in [1.29, 1.82) is 0 Å². The molecule has 0 radical (unpaired) electrons. The molecule has 0 aliphatic carbocycles. The number of hydrogen-bond donors (Lipinski definition) is 2. The maximum absolute atomic E-state index is 13.6. The number of nitrogen functional groups attached to an aromatic ring is 2. The Bertz CT molecular complexity index is 3100. The van der Waals surface area contributed by atoms with Crippen LogP contribution in [0.15, 0.2) is 133 Å². The first-order chi connectivity index (χ1) is 33.6. The Balaban J connectivity index is 0.000000171. The minimum atomic E-state index is -0.189. The molecule has 2 amide bonds. The summed E-state index contributed by atoms with van der Waals surface area (Å²) in [5, 5.41) is 1.34. The number of nitrogens with two attached hydrogens (primary N) is 2. The lowest BCUT2D eigenvalue weighted by atomic mass is 9.97. The first-order valence-corrected chi connectivity index (χ1v) is 23.8. The van der Waals surface area contributed by atoms with E-state index in [4.69, 9.17) is 11.5 Å². The van der Waals surface area contributed by atoms with E-state index < -0.39 is 0 Å². The van der Waals surface area contributed by atoms with E-state index >= 15 is 0 Å². The van der Waals surface area contributed by atoms with Gasteiger partial charge in [-0.3, -0.25) is 19.3 Å². The number of anilines is 2. The van der Waals surface area contributed by atoms with Crippen LogP contribution in [0, 0.1) is 0 Å². The van der Waals surface area contributed by atoms with Gasteiger partial charge < -0.3 is 21.3 Å². The van der Waals surface area contributed by atoms with E-state index in [2.05, 4.69) is 95.0 Å². The van der Waals surface area contributed by atoms with Crippen LogP contribution in [0.1, 0.15) is 106 Å². The molecule has 8 aromatic rings. The lowest BCUT2D eigenvalue weighted by Gasteiger charge is -2.20. The van der Waals surface area contributed by atoms with E-state index in [-0.39, 0.29) is 29.4 Å². The summed E-state index contributed by atoms with van der Waals surface area (Å²) in [6.45, 7) is 13.9. The standard InChI is InChI=1S/C28H29N5O.C24H18N4O2.C5H12/c1-3-32(4-2)16-22-11-7-8-12-23(22)19-13-14-25-24(15-19)26(31-28(29)30-25)27(34)33-17-20-9-5-6-10-21(20)18-33;25-24-26-21-10-9-15(19-8-4-3-7-18(19)14-29)11-20(21)22(27-24)23(30)28-12-16-5-1-2-6-17(16)13-28;1-3-5-4-2/h5-15H,3-4,16-18H2,1-2H3,(H2,29,30,31);1-11,14H,12-13H2,(H2,25,26,27);3-5H2,1-2H3. The van der Waals surface area contributed by atoms with Crippen molar-refractivity contribution < 1.29 is 14.4 Å². The number of aromatic nitrogens is 4. The Morgan fingerprint density at radius 2 is 0.971 bits per heavy atom. The third-order valence-corrected chi connectivity index (χ3v) is 12.8. The fraction of sp³-hybridized carbons (Fsp3) is 0.246. The fourth-order valence-corrected chi connectivity index (χ4v) is 9.05. The normalized spacial score (nSPS) is 12.5. The Hall–Kier alpha value is -7.83. The third kappa shape index (κ3) is 10.7. The number of fused-ring (bicyclic) bond motifs is 4. The molecule has 69 heavy (non-hydrogen) atoms. The summed E-state index contributed by atoms with van der Waals surface area (Å²) >= 11 is 0. The summed E-state index contributed by atoms with van der Waals surface area (Å²) in [4.78, 5) is 61.8. The molecule has 0 bridgehead atoms. The van der Waals surface area contributed by atoms with Crippen LogP contribution >= 0.6 is 0 Å². The van der Waals surface area contributed by atoms with E-state index in [0.29, 0.717) is 53.9 Å². The molecule has 0 atom stereocenters. The molecule has 0 fully saturated rings. The van der Waals surface area contributed by atoms with Crippen LogP contribution in [-0.4, -0.2) is 65.8 Å². The molecule has 6 aromatic carbocycles. The smallest absolute Gasteiger partial charge is 0.273 e. The van der Waals surface area contributed by atoms with E-state index in [1.165, 1.54) is 36.0 Å². The second-order valence-electron chi connectivity index (χ2n) is 17.4. The van der Waals surface area contributed by atoms with Crippen LogP contribution in [0.3, 0.4) is 0 Å². The highest BCUT2D eigenvalue weighted by Crippen LogP contribution is 2.33. The lowest BCUT2D eigenvalue weighted by molar-refractivity contribution is 0.0741. The average Bonchev–Trinajstić information content (AvgIpc) is 4.03. The largest absolute Gasteiger partial charge is 0.368 e. The van der Waals surface area contributed by atoms with Gasteiger partial charge in [-0.2, -0.15) is 0 Å². The van der Waals surface area contributed by atoms with E-state index in [9.17, 15) is 14.4 Å². The van der Waals surface area contributed by atoms with Crippen molar-refractivity contribution >= 4 is 51.8 Å². The maximum atomic E-state index is 13.6. The number of carbonyl (C=O) groups excluding carboxylic acids is 3. The molecular weight excluding hydrogens is 859 g/mol. The second kappa shape index (κ2) is 21.9. The zero-order valence-electron chi connectivity index (χ0n) is 39.9. The topological polar surface area (TPSA) is 165 Å². The SMILES string of the molecule is CCCCC.CCN(CC)Cc1ccccc1-c1ccc2nc(N)nc(C(=O)N3Cc4ccccc4C3)c2c1.Nc1nc(C(=O)N2Cc3ccccc3C2)c2cc(-c3ccccc3C=O)ccc2n1. The summed E-state index contributed by atoms with van der Waals surface area (Å²) in [5.41, 5.74) is 24.1. The number of carbonyl (C=O) groups is 3. The van der Waals surface area contributed by atoms with Gasteiger partial charge in [-0.15, -0.1) is 0 Å². The lowest BCUT2D eigenvalue weighted by Crippen LogP contribution is -2.27. The van der Waals surface area contributed by atoms with Crippen LogP contribution in [0.25, 0.3) is 44.1 Å². The molecule has 0 saturated heterocycles. The zero-order chi connectivity index (χ0) is 48.4. The predicted octanol–water partition coefficient (Wildman–Crippen LogP) is 10.9. The van der Waals surface area contributed by atoms with Crippen molar-refractivity contribution in [3.05, 3.63) is 178 Å². The number of unbranched alkanes of at least 4 members (excludes halogenated alkanes) is 2. The number of rotatable bonds is 11. The predicted molar refractivity (Wildman–Crippen MR) is 276 cm³/mol. The molecule has 4 heterocycles. The monoisotopic (exact) mass is 917 g/mol. The van der Waals surface area contributed by atoms with Gasteiger partial charge >= 0.3 is 0 Å². The highest BCUT2D eigenvalue weighted by Gasteiger charge is 2.29. The van der Waals surface area contributed by atoms with Gasteiger partial charge in [0.15, 0.2) is 6.29 Å². The Morgan fingerprint density at radius 3 is 1.41 bits per heavy atom. The van der Waals surface area contributed by atoms with Crippen LogP contribution in [0.5, 0.6) is 0 Å². The van der Waals surface area contributed by atoms with Crippen molar-refractivity contribution in [2.24, 2.45) is 0 Å². The summed E-state index contributed by atoms with van der Waals surface area (Å²) in [5.74, 6) is -0.138. The molecule has 12 heteroatoms. The molecular formula is C57H59N9O3. The average molecular weight is 918 g/mol. The Labute approximate surface area is 404 Å². The van der Waals surface area contributed by atoms with Gasteiger partial charge in [0, 0.05) is 49.1 Å². The minimum Gasteiger partial charge on any atom is -0.368 e. The maximum Gasteiger partial charge on any atom is 0.273 e. The summed E-state index contributed by atoms with van der Waals surface area (Å²) in [6, 6.07) is 43.5. The van der Waals surface area contributed by atoms with Gasteiger partial charge in [0.05, 0.1) is 11.0 Å². The summed E-state index contributed by atoms with van der Waals surface area (Å²) in [7, 11) is 0. The van der Waals surface area contributed by atoms with Crippen molar-refractivity contribution in [2.75, 3.05) is 24.6 Å². The zero-order valence-corrected chi connectivity index (χ0v) is 39.9. The van der Waals surface area contributed by atoms with E-state index in [0.717, 1.165) is 64.7 Å². The minimum absolute atomic E-state index is 0.0589. The molecule has 2 aromatic heterocycles. The molecule has 0 spiro atoms. The van der Waals surface area contributed by atoms with Crippen LogP contribution in [0.2, 0.25) is 0 Å². The first-order valence-electron chi connectivity index (χ1n) is 23.8. The Kier molecular flexibility index (Phi) is 15.1. The molecule has 350 valence electrons. The van der Waals surface area contributed by atoms with Gasteiger partial charge in [-0.25, -0.2) is 19.9 Å². The molecule has 10 rings (SSSR count). The quantitative estimate of drug-likeness (QED) is 0.119. The summed E-state index contributed by atoms with van der Waals surface area (Å²) in [6.07, 6.45) is 4.90. The van der Waals surface area contributed by atoms with Crippen LogP contribution in [-0.2, 0) is 32.7 Å². The third-order valence-electron chi connectivity index (χ3n) is 12.8. The molecule has 4 N–H and O–H groups in total. The van der Waals surface area contributed by atoms with Crippen molar-refractivity contribution in [3.63, 3.8) is 0 Å². The van der Waals surface area contributed by atoms with Crippen molar-refractivity contribution in [3.8, 4) is 22.3 Å². The summed E-state index contributed by atoms with van der Waals surface area (Å²) < 4.78 is 0. The second-order valence-corrected chi connectivity index (χ2v) is 17.4. The Morgan fingerprint density at radius 1 is 0.551 bits per heavy atom. The number of amides is 2. The number of benzene rings is 6. The number of aldehydes is 1. The number of nitrogens with zero attached hydrogens (tertiary/aromatic N) is 7. The van der Waals surface area contributed by atoms with Gasteiger partial charge in [0.1, 0.15) is 11.4 Å². The fourth-order valence-electron chi connectivity index (χ4n) is 9.05. The van der Waals surface area contributed by atoms with Gasteiger partial charge in [0.2, 0.25) is 11.9 Å². The molecule has 2 aliphatic rings. The highest BCUT2D eigenvalue weighted by atomic mass is 16.2. The van der Waals surface area contributed by atoms with Crippen LogP contribution in [0.4, 0.5) is 11.9 Å². The first kappa shape index (κ1) is 47.7. The molecule has 12 nitrogen and oxygen atoms in total. The number of hydrogen-bond acceptors (Lipinski definition) is 10. The molecule has 0 unspecified atom stereocenters. The van der Waals surface area contributed by atoms with Crippen LogP contribution < -0.4 is 11.5 Å². The van der Waals surface area contributed by atoms with E-state index in [1.807, 2.05) is 83.8 Å². The molecule has 0 saturated carbocycles. The highest BCUT2D eigenvalue weighted by molar-refractivity contribution is 6.07. The van der Waals surface area contributed by atoms with Gasteiger partial charge in [-0.1, -0.05) is 156 Å². The molecule has 2 aliphatic heterocycles. The van der Waals surface area contributed by atoms with Gasteiger partial charge in [-0.05, 0) is 87.4 Å². The van der Waals surface area contributed by atoms with E-state index in [1.54, 1.807) is 17.0 Å². The van der Waals surface area contributed by atoms with Crippen molar-refractivity contribution in [2.45, 2.75) is 79.7 Å². The van der Waals surface area contributed by atoms with Crippen molar-refractivity contribution in [1.82, 2.24) is 34.6 Å².